The van der Waals surface area contributed by atoms with Gasteiger partial charge in [-0.25, -0.2) is 0 Å². The molecule has 1 heterocycles. The zero-order chi connectivity index (χ0) is 15.4. The van der Waals surface area contributed by atoms with Crippen LogP contribution in [-0.4, -0.2) is 33.0 Å². The smallest absolute Gasteiger partial charge is 0.257 e. The molecule has 0 unspecified atom stereocenters. The molecule has 0 fully saturated rings. The van der Waals surface area contributed by atoms with E-state index in [1.54, 1.807) is 31.4 Å². The van der Waals surface area contributed by atoms with Gasteiger partial charge in [-0.05, 0) is 11.6 Å². The molecule has 0 saturated carbocycles. The topological polar surface area (TPSA) is 107 Å². The van der Waals surface area contributed by atoms with Crippen molar-refractivity contribution in [3.63, 3.8) is 0 Å². The Morgan fingerprint density at radius 1 is 1.33 bits per heavy atom. The van der Waals surface area contributed by atoms with E-state index in [0.717, 1.165) is 5.56 Å². The van der Waals surface area contributed by atoms with Gasteiger partial charge < -0.3 is 16.4 Å². The zero-order valence-electron chi connectivity index (χ0n) is 11.7. The molecule has 0 saturated heterocycles. The molecule has 7 nitrogen and oxygen atoms in total. The highest BCUT2D eigenvalue weighted by atomic mass is 16.2. The molecule has 1 aromatic heterocycles. The van der Waals surface area contributed by atoms with Crippen LogP contribution in [0.4, 0.5) is 5.69 Å². The molecule has 2 aromatic rings. The second kappa shape index (κ2) is 6.08. The number of benzene rings is 1. The van der Waals surface area contributed by atoms with Crippen molar-refractivity contribution in [1.29, 1.82) is 0 Å². The van der Waals surface area contributed by atoms with Crippen molar-refractivity contribution < 1.29 is 9.59 Å². The van der Waals surface area contributed by atoms with E-state index in [0.29, 0.717) is 11.3 Å². The fourth-order valence-electron chi connectivity index (χ4n) is 1.99. The van der Waals surface area contributed by atoms with E-state index in [2.05, 4.69) is 5.10 Å². The standard InChI is InChI=1S/C14H17N5O2/c1-18-7-11(6-17-18)14(21)19(9-13(16)20)8-10-4-2-3-5-12(10)15/h2-7H,8-9,15H2,1H3,(H2,16,20). The van der Waals surface area contributed by atoms with Gasteiger partial charge in [0.25, 0.3) is 5.91 Å². The molecule has 0 radical (unpaired) electrons. The predicted octanol–water partition coefficient (Wildman–Crippen LogP) is 0.130. The molecule has 110 valence electrons. The molecule has 0 aliphatic rings. The zero-order valence-corrected chi connectivity index (χ0v) is 11.7. The summed E-state index contributed by atoms with van der Waals surface area (Å²) in [6.45, 7) is 0.0331. The minimum Gasteiger partial charge on any atom is -0.398 e. The number of para-hydroxylation sites is 1. The van der Waals surface area contributed by atoms with Gasteiger partial charge in [-0.2, -0.15) is 5.10 Å². The van der Waals surface area contributed by atoms with Gasteiger partial charge in [0, 0.05) is 25.5 Å². The first kappa shape index (κ1) is 14.6. The largest absolute Gasteiger partial charge is 0.398 e. The second-order valence-electron chi connectivity index (χ2n) is 4.73. The van der Waals surface area contributed by atoms with E-state index in [1.165, 1.54) is 15.8 Å². The van der Waals surface area contributed by atoms with E-state index < -0.39 is 5.91 Å². The second-order valence-corrected chi connectivity index (χ2v) is 4.73. The average Bonchev–Trinajstić information content (AvgIpc) is 2.86. The Hall–Kier alpha value is -2.83. The van der Waals surface area contributed by atoms with Crippen LogP contribution in [0.15, 0.2) is 36.7 Å². The Morgan fingerprint density at radius 2 is 2.05 bits per heavy atom. The fourth-order valence-corrected chi connectivity index (χ4v) is 1.99. The van der Waals surface area contributed by atoms with Gasteiger partial charge in [-0.1, -0.05) is 18.2 Å². The van der Waals surface area contributed by atoms with Crippen molar-refractivity contribution in [2.75, 3.05) is 12.3 Å². The summed E-state index contributed by atoms with van der Waals surface area (Å²) < 4.78 is 1.52. The third-order valence-electron chi connectivity index (χ3n) is 3.00. The summed E-state index contributed by atoms with van der Waals surface area (Å²) in [6.07, 6.45) is 3.04. The highest BCUT2D eigenvalue weighted by Crippen LogP contribution is 2.15. The number of primary amides is 1. The third kappa shape index (κ3) is 3.59. The monoisotopic (exact) mass is 287 g/mol. The lowest BCUT2D eigenvalue weighted by atomic mass is 10.1. The maximum absolute atomic E-state index is 12.4. The number of aryl methyl sites for hydroxylation is 1. The van der Waals surface area contributed by atoms with Crippen LogP contribution >= 0.6 is 0 Å². The number of aromatic nitrogens is 2. The number of hydrogen-bond acceptors (Lipinski definition) is 4. The molecular weight excluding hydrogens is 270 g/mol. The summed E-state index contributed by atoms with van der Waals surface area (Å²) in [4.78, 5) is 25.0. The maximum Gasteiger partial charge on any atom is 0.257 e. The average molecular weight is 287 g/mol. The Bertz CT molecular complexity index is 665. The first-order chi connectivity index (χ1) is 9.97. The van der Waals surface area contributed by atoms with E-state index in [-0.39, 0.29) is 19.0 Å². The van der Waals surface area contributed by atoms with Crippen LogP contribution in [0, 0.1) is 0 Å². The fraction of sp³-hybridized carbons (Fsp3) is 0.214. The van der Waals surface area contributed by atoms with E-state index in [1.807, 2.05) is 6.07 Å². The van der Waals surface area contributed by atoms with Gasteiger partial charge in [-0.3, -0.25) is 14.3 Å². The molecular formula is C14H17N5O2. The lowest BCUT2D eigenvalue weighted by Crippen LogP contribution is -2.38. The van der Waals surface area contributed by atoms with Crippen LogP contribution in [0.5, 0.6) is 0 Å². The van der Waals surface area contributed by atoms with Crippen molar-refractivity contribution in [3.8, 4) is 0 Å². The number of hydrogen-bond donors (Lipinski definition) is 2. The lowest BCUT2D eigenvalue weighted by molar-refractivity contribution is -0.118. The summed E-state index contributed by atoms with van der Waals surface area (Å²) in [7, 11) is 1.71. The summed E-state index contributed by atoms with van der Waals surface area (Å²) in [6, 6.07) is 7.18. The Balaban J connectivity index is 2.24. The number of anilines is 1. The minimum atomic E-state index is -0.582. The van der Waals surface area contributed by atoms with Gasteiger partial charge in [0.2, 0.25) is 5.91 Å². The summed E-state index contributed by atoms with van der Waals surface area (Å²) in [5, 5.41) is 3.95. The normalized spacial score (nSPS) is 10.3. The van der Waals surface area contributed by atoms with Crippen LogP contribution < -0.4 is 11.5 Å². The number of amides is 2. The van der Waals surface area contributed by atoms with E-state index in [9.17, 15) is 9.59 Å². The van der Waals surface area contributed by atoms with Crippen LogP contribution in [0.2, 0.25) is 0 Å². The number of carbonyl (C=O) groups is 2. The Labute approximate surface area is 122 Å². The van der Waals surface area contributed by atoms with Crippen molar-refractivity contribution in [1.82, 2.24) is 14.7 Å². The van der Waals surface area contributed by atoms with Crippen LogP contribution in [0.3, 0.4) is 0 Å². The van der Waals surface area contributed by atoms with Crippen molar-refractivity contribution in [2.24, 2.45) is 12.8 Å². The Morgan fingerprint density at radius 3 is 2.62 bits per heavy atom. The summed E-state index contributed by atoms with van der Waals surface area (Å²) >= 11 is 0. The quantitative estimate of drug-likeness (QED) is 0.762. The molecule has 0 spiro atoms. The van der Waals surface area contributed by atoms with Crippen LogP contribution in [-0.2, 0) is 18.4 Å². The van der Waals surface area contributed by atoms with Crippen LogP contribution in [0.25, 0.3) is 0 Å². The van der Waals surface area contributed by atoms with Gasteiger partial charge in [-0.15, -0.1) is 0 Å². The molecule has 0 aliphatic heterocycles. The van der Waals surface area contributed by atoms with Crippen molar-refractivity contribution in [2.45, 2.75) is 6.54 Å². The first-order valence-electron chi connectivity index (χ1n) is 6.37. The SMILES string of the molecule is Cn1cc(C(=O)N(CC(N)=O)Cc2ccccc2N)cn1. The van der Waals surface area contributed by atoms with Crippen molar-refractivity contribution >= 4 is 17.5 Å². The maximum atomic E-state index is 12.4. The van der Waals surface area contributed by atoms with E-state index in [4.69, 9.17) is 11.5 Å². The van der Waals surface area contributed by atoms with Gasteiger partial charge in [0.1, 0.15) is 0 Å². The predicted molar refractivity (Wildman–Crippen MR) is 78.0 cm³/mol. The molecule has 7 heteroatoms. The minimum absolute atomic E-state index is 0.179. The molecule has 0 atom stereocenters. The van der Waals surface area contributed by atoms with Gasteiger partial charge in [0.15, 0.2) is 0 Å². The third-order valence-corrected chi connectivity index (χ3v) is 3.00. The summed E-state index contributed by atoms with van der Waals surface area (Å²) in [5.41, 5.74) is 12.8. The number of carbonyl (C=O) groups excluding carboxylic acids is 2. The number of nitrogens with zero attached hydrogens (tertiary/aromatic N) is 3. The number of rotatable bonds is 5. The number of nitrogen functional groups attached to an aromatic ring is 1. The van der Waals surface area contributed by atoms with Crippen molar-refractivity contribution in [3.05, 3.63) is 47.8 Å². The Kier molecular flexibility index (Phi) is 4.22. The highest BCUT2D eigenvalue weighted by molar-refractivity contribution is 5.96. The van der Waals surface area contributed by atoms with Gasteiger partial charge in [0.05, 0.1) is 18.3 Å². The highest BCUT2D eigenvalue weighted by Gasteiger charge is 2.20. The first-order valence-corrected chi connectivity index (χ1v) is 6.37. The van der Waals surface area contributed by atoms with Crippen LogP contribution in [0.1, 0.15) is 15.9 Å². The molecule has 2 amide bonds. The number of nitrogens with two attached hydrogens (primary N) is 2. The molecule has 4 N–H and O–H groups in total. The lowest BCUT2D eigenvalue weighted by Gasteiger charge is -2.21. The molecule has 2 rings (SSSR count). The van der Waals surface area contributed by atoms with Gasteiger partial charge >= 0.3 is 0 Å². The molecule has 0 aliphatic carbocycles. The molecule has 1 aromatic carbocycles. The van der Waals surface area contributed by atoms with E-state index >= 15 is 0 Å². The molecule has 0 bridgehead atoms. The summed E-state index contributed by atoms with van der Waals surface area (Å²) in [5.74, 6) is -0.896. The molecule has 21 heavy (non-hydrogen) atoms.